The van der Waals surface area contributed by atoms with E-state index >= 15 is 4.39 Å². The van der Waals surface area contributed by atoms with Gasteiger partial charge in [0.1, 0.15) is 11.2 Å². The Labute approximate surface area is 233 Å². The van der Waals surface area contributed by atoms with E-state index in [0.717, 1.165) is 34.5 Å². The normalized spacial score (nSPS) is 15.4. The summed E-state index contributed by atoms with van der Waals surface area (Å²) in [6.07, 6.45) is 3.81. The van der Waals surface area contributed by atoms with Gasteiger partial charge in [0.2, 0.25) is 0 Å². The Kier molecular flexibility index (Phi) is 7.40. The molecule has 2 aliphatic rings. The summed E-state index contributed by atoms with van der Waals surface area (Å²) in [5, 5.41) is 1.10. The van der Waals surface area contributed by atoms with Crippen LogP contribution in [0.15, 0.2) is 42.6 Å². The number of nitrogens with zero attached hydrogens (tertiary/aromatic N) is 2. The predicted octanol–water partition coefficient (Wildman–Crippen LogP) is 6.52. The van der Waals surface area contributed by atoms with Crippen molar-refractivity contribution in [1.29, 1.82) is 0 Å². The minimum Gasteiger partial charge on any atom is -0.485 e. The van der Waals surface area contributed by atoms with Gasteiger partial charge in [-0.1, -0.05) is 35.9 Å². The van der Waals surface area contributed by atoms with Crippen LogP contribution < -0.4 is 14.9 Å². The summed E-state index contributed by atoms with van der Waals surface area (Å²) in [5.74, 6) is -0.675. The molecule has 5 rings (SSSR count). The summed E-state index contributed by atoms with van der Waals surface area (Å²) in [7, 11) is 1.24. The third kappa shape index (κ3) is 5.73. The van der Waals surface area contributed by atoms with Gasteiger partial charge in [-0.3, -0.25) is 15.2 Å². The number of aromatic nitrogens is 1. The topological polar surface area (TPSA) is 90.0 Å². The van der Waals surface area contributed by atoms with Gasteiger partial charge < -0.3 is 14.2 Å². The first kappa shape index (κ1) is 27.4. The highest BCUT2D eigenvalue weighted by Crippen LogP contribution is 2.45. The van der Waals surface area contributed by atoms with Crippen LogP contribution in [0.4, 0.5) is 9.18 Å². The summed E-state index contributed by atoms with van der Waals surface area (Å²) in [6, 6.07) is 10.8. The monoisotopic (exact) mass is 547 g/mol. The molecule has 0 bridgehead atoms. The van der Waals surface area contributed by atoms with Gasteiger partial charge in [-0.2, -0.15) is 0 Å². The van der Waals surface area contributed by atoms with Crippen LogP contribution in [-0.2, 0) is 17.7 Å². The lowest BCUT2D eigenvalue weighted by molar-refractivity contribution is 0.0643. The molecule has 0 atom stereocenters. The zero-order valence-corrected chi connectivity index (χ0v) is 23.5. The molecule has 1 N–H and O–H groups in total. The van der Waals surface area contributed by atoms with Crippen molar-refractivity contribution in [3.05, 3.63) is 81.9 Å². The Bertz CT molecular complexity index is 1470. The molecule has 1 saturated carbocycles. The number of amides is 2. The molecule has 2 amide bonds. The van der Waals surface area contributed by atoms with E-state index in [-0.39, 0.29) is 35.3 Å². The number of halogens is 1. The van der Waals surface area contributed by atoms with E-state index in [1.807, 2.05) is 45.9 Å². The van der Waals surface area contributed by atoms with Gasteiger partial charge in [0, 0.05) is 0 Å². The maximum atomic E-state index is 15.4. The Balaban J connectivity index is 1.52. The summed E-state index contributed by atoms with van der Waals surface area (Å²) in [4.78, 5) is 31.2. The number of benzene rings is 2. The number of fused-ring (bicyclic) bond motifs is 1. The van der Waals surface area contributed by atoms with Crippen molar-refractivity contribution in [3.8, 4) is 17.2 Å². The van der Waals surface area contributed by atoms with E-state index in [2.05, 4.69) is 10.4 Å². The number of aryl methyl sites for hydroxylation is 3. The number of carbonyl (C=O) groups excluding carboxylic acids is 2. The zero-order valence-electron chi connectivity index (χ0n) is 23.5. The van der Waals surface area contributed by atoms with Gasteiger partial charge in [-0.05, 0) is 82.1 Å². The number of nitrogens with one attached hydrogen (secondary N) is 1. The fourth-order valence-electron chi connectivity index (χ4n) is 4.91. The quantitative estimate of drug-likeness (QED) is 0.353. The van der Waals surface area contributed by atoms with E-state index in [1.165, 1.54) is 19.4 Å². The second kappa shape index (κ2) is 10.8. The van der Waals surface area contributed by atoms with Crippen LogP contribution in [0.3, 0.4) is 0 Å². The summed E-state index contributed by atoms with van der Waals surface area (Å²) >= 11 is 0. The molecule has 8 nitrogen and oxygen atoms in total. The number of hydrogen-bond donors (Lipinski definition) is 1. The van der Waals surface area contributed by atoms with Crippen LogP contribution in [-0.4, -0.2) is 34.7 Å². The third-order valence-electron chi connectivity index (χ3n) is 7.33. The van der Waals surface area contributed by atoms with Crippen molar-refractivity contribution >= 4 is 12.0 Å². The lowest BCUT2D eigenvalue weighted by Gasteiger charge is -2.33. The molecule has 2 aromatic carbocycles. The molecule has 0 spiro atoms. The van der Waals surface area contributed by atoms with E-state index in [1.54, 1.807) is 12.1 Å². The summed E-state index contributed by atoms with van der Waals surface area (Å²) in [6.45, 7) is 7.83. The molecular weight excluding hydrogens is 513 g/mol. The molecule has 2 heterocycles. The zero-order chi connectivity index (χ0) is 28.6. The second-order valence-electron chi connectivity index (χ2n) is 11.1. The highest BCUT2D eigenvalue weighted by Gasteiger charge is 2.35. The summed E-state index contributed by atoms with van der Waals surface area (Å²) in [5.41, 5.74) is 6.19. The fourth-order valence-corrected chi connectivity index (χ4v) is 4.91. The second-order valence-corrected chi connectivity index (χ2v) is 11.1. The highest BCUT2D eigenvalue weighted by atomic mass is 19.1. The molecule has 0 radical (unpaired) electrons. The van der Waals surface area contributed by atoms with E-state index in [9.17, 15) is 9.59 Å². The van der Waals surface area contributed by atoms with Crippen LogP contribution in [0.5, 0.6) is 17.2 Å². The smallest absolute Gasteiger partial charge is 0.428 e. The number of carbonyl (C=O) groups is 2. The van der Waals surface area contributed by atoms with Crippen molar-refractivity contribution in [2.75, 3.05) is 7.11 Å². The molecule has 210 valence electrons. The number of hydrogen-bond acceptors (Lipinski definition) is 6. The van der Waals surface area contributed by atoms with Gasteiger partial charge in [-0.15, -0.1) is 0 Å². The molecule has 1 fully saturated rings. The molecule has 0 unspecified atom stereocenters. The van der Waals surface area contributed by atoms with Crippen LogP contribution >= 0.6 is 0 Å². The average molecular weight is 548 g/mol. The molecule has 0 saturated heterocycles. The molecule has 3 aromatic rings. The maximum Gasteiger partial charge on any atom is 0.428 e. The first-order valence-corrected chi connectivity index (χ1v) is 13.5. The highest BCUT2D eigenvalue weighted by molar-refractivity contribution is 6.00. The Morgan fingerprint density at radius 3 is 2.65 bits per heavy atom. The lowest BCUT2D eigenvalue weighted by Crippen LogP contribution is -2.46. The Morgan fingerprint density at radius 2 is 1.95 bits per heavy atom. The number of ether oxygens (including phenoxy) is 3. The first-order chi connectivity index (χ1) is 19.1. The van der Waals surface area contributed by atoms with Crippen molar-refractivity contribution in [2.24, 2.45) is 0 Å². The van der Waals surface area contributed by atoms with Crippen molar-refractivity contribution < 1.29 is 28.2 Å². The third-order valence-corrected chi connectivity index (χ3v) is 7.33. The van der Waals surface area contributed by atoms with Crippen LogP contribution in [0, 0.1) is 19.7 Å². The predicted molar refractivity (Wildman–Crippen MR) is 147 cm³/mol. The van der Waals surface area contributed by atoms with E-state index in [0.29, 0.717) is 24.1 Å². The Morgan fingerprint density at radius 1 is 1.18 bits per heavy atom. The van der Waals surface area contributed by atoms with Gasteiger partial charge in [0.25, 0.3) is 5.91 Å². The van der Waals surface area contributed by atoms with Crippen LogP contribution in [0.2, 0.25) is 0 Å². The number of rotatable bonds is 6. The van der Waals surface area contributed by atoms with E-state index in [4.69, 9.17) is 14.2 Å². The number of methoxy groups -OCH3 is 1. The number of hydrazine groups is 1. The average Bonchev–Trinajstić information content (AvgIpc) is 3.75. The largest absolute Gasteiger partial charge is 0.485 e. The van der Waals surface area contributed by atoms with Gasteiger partial charge in [-0.25, -0.2) is 14.2 Å². The van der Waals surface area contributed by atoms with Gasteiger partial charge >= 0.3 is 6.09 Å². The maximum absolute atomic E-state index is 15.4. The van der Waals surface area contributed by atoms with Crippen LogP contribution in [0.1, 0.15) is 77.3 Å². The van der Waals surface area contributed by atoms with Gasteiger partial charge in [0.05, 0.1) is 25.5 Å². The van der Waals surface area contributed by atoms with E-state index < -0.39 is 23.4 Å². The molecule has 1 aliphatic heterocycles. The summed E-state index contributed by atoms with van der Waals surface area (Å²) < 4.78 is 32.6. The fraction of sp³-hybridized carbons (Fsp3) is 0.387. The van der Waals surface area contributed by atoms with Gasteiger partial charge in [0.15, 0.2) is 23.1 Å². The molecule has 1 aliphatic carbocycles. The minimum absolute atomic E-state index is 0.00428. The van der Waals surface area contributed by atoms with Crippen LogP contribution in [0.25, 0.3) is 0 Å². The molecule has 40 heavy (non-hydrogen) atoms. The SMILES string of the molecule is COC(=O)N(Cc1ccc(C)cc1C)NC(=O)c1c(Oc2cccc(C3CC3)c2F)cnc2c1OC(C)(C)CC2. The van der Waals surface area contributed by atoms with Crippen molar-refractivity contribution in [2.45, 2.75) is 71.4 Å². The standard InChI is InChI=1S/C31H34FN3O5/c1-18-9-10-21(19(2)15-18)17-35(30(37)38-5)34-29(36)26-25(16-33-23-13-14-31(3,4)40-28(23)26)39-24-8-6-7-22(27(24)32)20-11-12-20/h6-10,15-16,20H,11-14,17H2,1-5H3,(H,34,36). The minimum atomic E-state index is -0.747. The molecular formula is C31H34FN3O5. The number of pyridine rings is 1. The van der Waals surface area contributed by atoms with Crippen molar-refractivity contribution in [1.82, 2.24) is 15.4 Å². The van der Waals surface area contributed by atoms with Crippen molar-refractivity contribution in [3.63, 3.8) is 0 Å². The first-order valence-electron chi connectivity index (χ1n) is 13.5. The Hall–Kier alpha value is -4.14. The lowest BCUT2D eigenvalue weighted by atomic mass is 9.95. The molecule has 1 aromatic heterocycles. The molecule has 9 heteroatoms.